The quantitative estimate of drug-likeness (QED) is 0.660. The van der Waals surface area contributed by atoms with Gasteiger partial charge >= 0.3 is 0 Å². The van der Waals surface area contributed by atoms with Gasteiger partial charge in [-0.3, -0.25) is 4.79 Å². The zero-order valence-electron chi connectivity index (χ0n) is 9.84. The average molecular weight is 208 g/mol. The maximum atomic E-state index is 10.8. The molecule has 2 unspecified atom stereocenters. The predicted octanol–water partition coefficient (Wildman–Crippen LogP) is 2.32. The molecule has 3 nitrogen and oxygen atoms in total. The molecule has 84 valence electrons. The molecule has 0 spiro atoms. The van der Waals surface area contributed by atoms with Crippen LogP contribution in [0.15, 0.2) is 5.10 Å². The number of hydrazone groups is 1. The molecular formula is C12H20N2O. The molecule has 1 N–H and O–H groups in total. The number of carbonyl (C=O) groups excluding carboxylic acids is 1. The van der Waals surface area contributed by atoms with Gasteiger partial charge in [-0.15, -0.1) is 0 Å². The lowest BCUT2D eigenvalue weighted by Crippen LogP contribution is -2.33. The van der Waals surface area contributed by atoms with Crippen LogP contribution in [0, 0.1) is 17.3 Å². The summed E-state index contributed by atoms with van der Waals surface area (Å²) in [5.74, 6) is 1.43. The molecule has 2 aliphatic rings. The highest BCUT2D eigenvalue weighted by Gasteiger charge is 2.44. The van der Waals surface area contributed by atoms with Crippen molar-refractivity contribution in [2.24, 2.45) is 22.4 Å². The van der Waals surface area contributed by atoms with E-state index >= 15 is 0 Å². The van der Waals surface area contributed by atoms with Crippen molar-refractivity contribution in [2.45, 2.75) is 46.5 Å². The summed E-state index contributed by atoms with van der Waals surface area (Å²) in [6.45, 7) is 6.15. The van der Waals surface area contributed by atoms with E-state index in [1.807, 2.05) is 0 Å². The largest absolute Gasteiger partial charge is 0.274 e. The molecule has 0 radical (unpaired) electrons. The van der Waals surface area contributed by atoms with Gasteiger partial charge in [-0.2, -0.15) is 5.10 Å². The number of nitrogens with zero attached hydrogens (tertiary/aromatic N) is 1. The molecule has 2 atom stereocenters. The normalized spacial score (nSPS) is 35.5. The van der Waals surface area contributed by atoms with Gasteiger partial charge in [-0.05, 0) is 42.9 Å². The number of nitrogens with one attached hydrogen (secondary N) is 1. The van der Waals surface area contributed by atoms with Gasteiger partial charge in [0.15, 0.2) is 0 Å². The molecule has 0 saturated heterocycles. The highest BCUT2D eigenvalue weighted by molar-refractivity contribution is 5.89. The van der Waals surface area contributed by atoms with E-state index in [2.05, 4.69) is 24.4 Å². The van der Waals surface area contributed by atoms with Crippen LogP contribution < -0.4 is 5.43 Å². The summed E-state index contributed by atoms with van der Waals surface area (Å²) in [6, 6.07) is 0. The standard InChI is InChI=1S/C12H20N2O/c1-8(15)13-14-11-7-12(2,3)10-5-4-9(11)6-10/h9-10H,4-7H2,1-3H3,(H,13,15). The second kappa shape index (κ2) is 3.62. The van der Waals surface area contributed by atoms with Crippen molar-refractivity contribution >= 4 is 11.6 Å². The number of carbonyl (C=O) groups is 1. The summed E-state index contributed by atoms with van der Waals surface area (Å²) in [6.07, 6.45) is 4.90. The van der Waals surface area contributed by atoms with Gasteiger partial charge in [-0.1, -0.05) is 13.8 Å². The van der Waals surface area contributed by atoms with E-state index in [9.17, 15) is 4.79 Å². The minimum absolute atomic E-state index is 0.0690. The first kappa shape index (κ1) is 10.7. The Morgan fingerprint density at radius 2 is 2.20 bits per heavy atom. The maximum Gasteiger partial charge on any atom is 0.236 e. The summed E-state index contributed by atoms with van der Waals surface area (Å²) in [4.78, 5) is 10.8. The third-order valence-electron chi connectivity index (χ3n) is 4.00. The minimum Gasteiger partial charge on any atom is -0.274 e. The molecule has 15 heavy (non-hydrogen) atoms. The highest BCUT2D eigenvalue weighted by atomic mass is 16.2. The molecule has 2 rings (SSSR count). The molecular weight excluding hydrogens is 188 g/mol. The molecule has 0 heterocycles. The van der Waals surface area contributed by atoms with Crippen LogP contribution in [0.2, 0.25) is 0 Å². The van der Waals surface area contributed by atoms with Gasteiger partial charge in [0.2, 0.25) is 5.91 Å². The van der Waals surface area contributed by atoms with Crippen LogP contribution in [-0.2, 0) is 4.79 Å². The van der Waals surface area contributed by atoms with Crippen LogP contribution in [0.25, 0.3) is 0 Å². The molecule has 0 aliphatic heterocycles. The van der Waals surface area contributed by atoms with Gasteiger partial charge in [-0.25, -0.2) is 5.43 Å². The average Bonchev–Trinajstić information content (AvgIpc) is 2.56. The van der Waals surface area contributed by atoms with Gasteiger partial charge < -0.3 is 0 Å². The smallest absolute Gasteiger partial charge is 0.236 e. The summed E-state index contributed by atoms with van der Waals surface area (Å²) in [7, 11) is 0. The molecule has 2 aliphatic carbocycles. The summed E-state index contributed by atoms with van der Waals surface area (Å²) in [5, 5.41) is 4.27. The maximum absolute atomic E-state index is 10.8. The Morgan fingerprint density at radius 3 is 2.87 bits per heavy atom. The van der Waals surface area contributed by atoms with Crippen molar-refractivity contribution in [3.05, 3.63) is 0 Å². The van der Waals surface area contributed by atoms with Crippen molar-refractivity contribution in [3.63, 3.8) is 0 Å². The van der Waals surface area contributed by atoms with Gasteiger partial charge in [0.25, 0.3) is 0 Å². The second-order valence-corrected chi connectivity index (χ2v) is 5.64. The fourth-order valence-corrected chi connectivity index (χ4v) is 3.03. The van der Waals surface area contributed by atoms with Gasteiger partial charge in [0.05, 0.1) is 0 Å². The number of hydrogen-bond acceptors (Lipinski definition) is 2. The Balaban J connectivity index is 2.13. The molecule has 0 aromatic rings. The Morgan fingerprint density at radius 1 is 1.47 bits per heavy atom. The fraction of sp³-hybridized carbons (Fsp3) is 0.833. The number of amides is 1. The molecule has 3 heteroatoms. The van der Waals surface area contributed by atoms with E-state index in [4.69, 9.17) is 0 Å². The lowest BCUT2D eigenvalue weighted by atomic mass is 9.69. The molecule has 2 fully saturated rings. The Kier molecular flexibility index (Phi) is 2.57. The zero-order valence-corrected chi connectivity index (χ0v) is 9.84. The Labute approximate surface area is 91.3 Å². The second-order valence-electron chi connectivity index (χ2n) is 5.64. The third-order valence-corrected chi connectivity index (χ3v) is 4.00. The zero-order chi connectivity index (χ0) is 11.1. The van der Waals surface area contributed by atoms with E-state index in [1.165, 1.54) is 31.9 Å². The Hall–Kier alpha value is -0.860. The van der Waals surface area contributed by atoms with E-state index in [0.29, 0.717) is 11.3 Å². The third kappa shape index (κ3) is 2.06. The van der Waals surface area contributed by atoms with Crippen molar-refractivity contribution in [2.75, 3.05) is 0 Å². The molecule has 0 aromatic heterocycles. The Bertz CT molecular complexity index is 307. The first-order valence-corrected chi connectivity index (χ1v) is 5.82. The summed E-state index contributed by atoms with van der Waals surface area (Å²) >= 11 is 0. The number of rotatable bonds is 1. The molecule has 2 saturated carbocycles. The topological polar surface area (TPSA) is 41.5 Å². The summed E-state index contributed by atoms with van der Waals surface area (Å²) in [5.41, 5.74) is 4.16. The van der Waals surface area contributed by atoms with Crippen LogP contribution >= 0.6 is 0 Å². The van der Waals surface area contributed by atoms with Crippen molar-refractivity contribution in [1.82, 2.24) is 5.43 Å². The first-order valence-electron chi connectivity index (χ1n) is 5.82. The monoisotopic (exact) mass is 208 g/mol. The van der Waals surface area contributed by atoms with Crippen molar-refractivity contribution < 1.29 is 4.79 Å². The number of fused-ring (bicyclic) bond motifs is 2. The van der Waals surface area contributed by atoms with Crippen molar-refractivity contribution in [1.29, 1.82) is 0 Å². The van der Waals surface area contributed by atoms with Crippen LogP contribution in [0.4, 0.5) is 0 Å². The highest BCUT2D eigenvalue weighted by Crippen LogP contribution is 2.50. The SMILES string of the molecule is CC(=O)NN=C1CC(C)(C)C2CCC1C2. The molecule has 1 amide bonds. The molecule has 2 bridgehead atoms. The predicted molar refractivity (Wildman–Crippen MR) is 60.5 cm³/mol. The van der Waals surface area contributed by atoms with Crippen LogP contribution in [0.5, 0.6) is 0 Å². The van der Waals surface area contributed by atoms with E-state index in [-0.39, 0.29) is 5.91 Å². The molecule has 0 aromatic carbocycles. The van der Waals surface area contributed by atoms with E-state index in [0.717, 1.165) is 12.3 Å². The van der Waals surface area contributed by atoms with Gasteiger partial charge in [0, 0.05) is 12.6 Å². The van der Waals surface area contributed by atoms with Crippen LogP contribution in [0.1, 0.15) is 46.5 Å². The van der Waals surface area contributed by atoms with E-state index < -0.39 is 0 Å². The lowest BCUT2D eigenvalue weighted by molar-refractivity contribution is -0.118. The fourth-order valence-electron chi connectivity index (χ4n) is 3.03. The minimum atomic E-state index is -0.0690. The van der Waals surface area contributed by atoms with Crippen LogP contribution in [0.3, 0.4) is 0 Å². The summed E-state index contributed by atoms with van der Waals surface area (Å²) < 4.78 is 0. The van der Waals surface area contributed by atoms with Crippen molar-refractivity contribution in [3.8, 4) is 0 Å². The van der Waals surface area contributed by atoms with E-state index in [1.54, 1.807) is 0 Å². The van der Waals surface area contributed by atoms with Crippen LogP contribution in [-0.4, -0.2) is 11.6 Å². The first-order chi connectivity index (χ1) is 6.99. The lowest BCUT2D eigenvalue weighted by Gasteiger charge is -2.36. The number of hydrogen-bond donors (Lipinski definition) is 1. The van der Waals surface area contributed by atoms with Gasteiger partial charge in [0.1, 0.15) is 0 Å².